The Morgan fingerprint density at radius 1 is 1.27 bits per heavy atom. The Kier molecular flexibility index (Phi) is 9.89. The molecule has 9 heteroatoms. The van der Waals surface area contributed by atoms with Gasteiger partial charge in [-0.25, -0.2) is 13.1 Å². The van der Waals surface area contributed by atoms with Gasteiger partial charge in [0, 0.05) is 44.3 Å². The maximum Gasteiger partial charge on any atom is 0.240 e. The zero-order valence-electron chi connectivity index (χ0n) is 12.3. The molecule has 1 fully saturated rings. The first-order chi connectivity index (χ1) is 9.49. The largest absolute Gasteiger partial charge is 0.314 e. The number of piperazine rings is 1. The molecule has 128 valence electrons. The monoisotopic (exact) mass is 389 g/mol. The Balaban J connectivity index is 0.00000220. The summed E-state index contributed by atoms with van der Waals surface area (Å²) >= 11 is 5.85. The van der Waals surface area contributed by atoms with E-state index in [1.165, 1.54) is 0 Å². The predicted molar refractivity (Wildman–Crippen MR) is 95.2 cm³/mol. The molecule has 0 spiro atoms. The van der Waals surface area contributed by atoms with Crippen LogP contribution in [0.15, 0.2) is 23.1 Å². The van der Waals surface area contributed by atoms with E-state index in [2.05, 4.69) is 14.9 Å². The smallest absolute Gasteiger partial charge is 0.240 e. The molecule has 0 atom stereocenters. The van der Waals surface area contributed by atoms with Crippen LogP contribution in [0.2, 0.25) is 5.02 Å². The normalized spacial score (nSPS) is 15.7. The van der Waals surface area contributed by atoms with Gasteiger partial charge in [0.2, 0.25) is 10.0 Å². The highest BCUT2D eigenvalue weighted by molar-refractivity contribution is 7.89. The minimum Gasteiger partial charge on any atom is -0.314 e. The van der Waals surface area contributed by atoms with Gasteiger partial charge >= 0.3 is 0 Å². The fourth-order valence-corrected chi connectivity index (χ4v) is 3.74. The fraction of sp³-hybridized carbons (Fsp3) is 0.538. The van der Waals surface area contributed by atoms with Crippen molar-refractivity contribution in [3.05, 3.63) is 28.8 Å². The first-order valence-electron chi connectivity index (χ1n) is 6.68. The van der Waals surface area contributed by atoms with Crippen molar-refractivity contribution in [2.45, 2.75) is 11.8 Å². The van der Waals surface area contributed by atoms with Gasteiger partial charge < -0.3 is 5.32 Å². The number of hydrogen-bond donors (Lipinski definition) is 2. The quantitative estimate of drug-likeness (QED) is 0.803. The summed E-state index contributed by atoms with van der Waals surface area (Å²) in [5.74, 6) is 0. The molecule has 1 aliphatic heterocycles. The van der Waals surface area contributed by atoms with Gasteiger partial charge in [-0.1, -0.05) is 11.6 Å². The molecule has 0 saturated carbocycles. The Morgan fingerprint density at radius 2 is 1.91 bits per heavy atom. The van der Waals surface area contributed by atoms with Gasteiger partial charge in [0.1, 0.15) is 0 Å². The van der Waals surface area contributed by atoms with Crippen molar-refractivity contribution >= 4 is 46.4 Å². The lowest BCUT2D eigenvalue weighted by Gasteiger charge is -2.27. The Bertz CT molecular complexity index is 564. The molecule has 1 aromatic carbocycles. The third-order valence-electron chi connectivity index (χ3n) is 3.36. The number of rotatable bonds is 5. The second kappa shape index (κ2) is 9.93. The van der Waals surface area contributed by atoms with E-state index in [1.54, 1.807) is 25.1 Å². The average molecular weight is 391 g/mol. The summed E-state index contributed by atoms with van der Waals surface area (Å²) in [6, 6.07) is 4.80. The van der Waals surface area contributed by atoms with Crippen molar-refractivity contribution in [1.82, 2.24) is 14.9 Å². The van der Waals surface area contributed by atoms with Crippen LogP contribution in [0, 0.1) is 6.92 Å². The van der Waals surface area contributed by atoms with Crippen LogP contribution in [0.1, 0.15) is 5.56 Å². The first-order valence-corrected chi connectivity index (χ1v) is 8.54. The number of nitrogens with one attached hydrogen (secondary N) is 2. The van der Waals surface area contributed by atoms with Crippen LogP contribution in [-0.4, -0.2) is 52.6 Å². The molecule has 1 aliphatic rings. The second-order valence-electron chi connectivity index (χ2n) is 4.90. The van der Waals surface area contributed by atoms with Gasteiger partial charge in [-0.15, -0.1) is 24.8 Å². The molecule has 0 bridgehead atoms. The van der Waals surface area contributed by atoms with E-state index in [1.807, 2.05) is 0 Å². The van der Waals surface area contributed by atoms with E-state index >= 15 is 0 Å². The molecule has 0 aliphatic carbocycles. The lowest BCUT2D eigenvalue weighted by molar-refractivity contribution is 0.245. The lowest BCUT2D eigenvalue weighted by Crippen LogP contribution is -2.46. The number of benzene rings is 1. The number of hydrogen-bond acceptors (Lipinski definition) is 4. The van der Waals surface area contributed by atoms with Crippen molar-refractivity contribution < 1.29 is 8.42 Å². The zero-order chi connectivity index (χ0) is 14.6. The molecule has 2 rings (SSSR count). The number of nitrogens with zero attached hydrogens (tertiary/aromatic N) is 1. The van der Waals surface area contributed by atoms with Gasteiger partial charge in [-0.3, -0.25) is 4.90 Å². The van der Waals surface area contributed by atoms with Crippen LogP contribution in [0.3, 0.4) is 0 Å². The Morgan fingerprint density at radius 3 is 2.50 bits per heavy atom. The van der Waals surface area contributed by atoms with Crippen molar-refractivity contribution in [3.8, 4) is 0 Å². The molecule has 1 saturated heterocycles. The van der Waals surface area contributed by atoms with E-state index in [0.717, 1.165) is 32.7 Å². The topological polar surface area (TPSA) is 61.4 Å². The molecule has 0 aromatic heterocycles. The van der Waals surface area contributed by atoms with Crippen molar-refractivity contribution in [2.24, 2.45) is 0 Å². The summed E-state index contributed by atoms with van der Waals surface area (Å²) in [5.41, 5.74) is 0.659. The molecule has 2 N–H and O–H groups in total. The van der Waals surface area contributed by atoms with Crippen LogP contribution < -0.4 is 10.0 Å². The number of halogens is 3. The van der Waals surface area contributed by atoms with Crippen molar-refractivity contribution in [3.63, 3.8) is 0 Å². The van der Waals surface area contributed by atoms with Crippen LogP contribution in [0.5, 0.6) is 0 Å². The molecule has 0 unspecified atom stereocenters. The number of sulfonamides is 1. The maximum atomic E-state index is 12.2. The molecule has 0 radical (unpaired) electrons. The summed E-state index contributed by atoms with van der Waals surface area (Å²) in [6.45, 7) is 6.74. The van der Waals surface area contributed by atoms with E-state index in [0.29, 0.717) is 22.0 Å². The Labute approximate surface area is 149 Å². The van der Waals surface area contributed by atoms with E-state index in [-0.39, 0.29) is 24.8 Å². The summed E-state index contributed by atoms with van der Waals surface area (Å²) in [4.78, 5) is 2.54. The lowest BCUT2D eigenvalue weighted by atomic mass is 10.2. The minimum atomic E-state index is -3.46. The van der Waals surface area contributed by atoms with Gasteiger partial charge in [-0.2, -0.15) is 0 Å². The van der Waals surface area contributed by atoms with Gasteiger partial charge in [0.05, 0.1) is 4.90 Å². The van der Waals surface area contributed by atoms with Crippen LogP contribution in [0.4, 0.5) is 0 Å². The van der Waals surface area contributed by atoms with Crippen LogP contribution >= 0.6 is 36.4 Å². The molecular weight excluding hydrogens is 369 g/mol. The maximum absolute atomic E-state index is 12.2. The predicted octanol–water partition coefficient (Wildman–Crippen LogP) is 1.68. The molecule has 22 heavy (non-hydrogen) atoms. The van der Waals surface area contributed by atoms with E-state index in [9.17, 15) is 8.42 Å². The zero-order valence-corrected chi connectivity index (χ0v) is 15.5. The standard InChI is InChI=1S/C13H20ClN3O2S.2ClH/c1-11-10-12(14)2-3-13(11)20(18,19)16-6-9-17-7-4-15-5-8-17;;/h2-3,10,15-16H,4-9H2,1H3;2*1H. The van der Waals surface area contributed by atoms with Crippen molar-refractivity contribution in [2.75, 3.05) is 39.3 Å². The highest BCUT2D eigenvalue weighted by Crippen LogP contribution is 2.19. The van der Waals surface area contributed by atoms with Crippen LogP contribution in [0.25, 0.3) is 0 Å². The van der Waals surface area contributed by atoms with Crippen molar-refractivity contribution in [1.29, 1.82) is 0 Å². The first kappa shape index (κ1) is 21.9. The molecular formula is C13H22Cl3N3O2S. The summed E-state index contributed by atoms with van der Waals surface area (Å²) in [7, 11) is -3.46. The van der Waals surface area contributed by atoms with Gasteiger partial charge in [0.15, 0.2) is 0 Å². The molecule has 1 aromatic rings. The van der Waals surface area contributed by atoms with E-state index in [4.69, 9.17) is 11.6 Å². The molecule has 5 nitrogen and oxygen atoms in total. The van der Waals surface area contributed by atoms with E-state index < -0.39 is 10.0 Å². The second-order valence-corrected chi connectivity index (χ2v) is 7.07. The molecule has 1 heterocycles. The van der Waals surface area contributed by atoms with Gasteiger partial charge in [0.25, 0.3) is 0 Å². The highest BCUT2D eigenvalue weighted by Gasteiger charge is 2.17. The average Bonchev–Trinajstić information content (AvgIpc) is 2.39. The van der Waals surface area contributed by atoms with Gasteiger partial charge in [-0.05, 0) is 30.7 Å². The summed E-state index contributed by atoms with van der Waals surface area (Å²) in [5, 5.41) is 3.81. The minimum absolute atomic E-state index is 0. The summed E-state index contributed by atoms with van der Waals surface area (Å²) < 4.78 is 27.1. The third kappa shape index (κ3) is 6.20. The van der Waals surface area contributed by atoms with Crippen LogP contribution in [-0.2, 0) is 10.0 Å². The number of aryl methyl sites for hydroxylation is 1. The summed E-state index contributed by atoms with van der Waals surface area (Å²) in [6.07, 6.45) is 0. The third-order valence-corrected chi connectivity index (χ3v) is 5.21. The SMILES string of the molecule is Cc1cc(Cl)ccc1S(=O)(=O)NCCN1CCNCC1.Cl.Cl. The Hall–Kier alpha value is -0.0800. The fourth-order valence-electron chi connectivity index (χ4n) is 2.26. The highest BCUT2D eigenvalue weighted by atomic mass is 35.5. The molecule has 0 amide bonds.